The third-order valence-electron chi connectivity index (χ3n) is 5.24. The maximum atomic E-state index is 13.8. The first-order valence-electron chi connectivity index (χ1n) is 9.96. The summed E-state index contributed by atoms with van der Waals surface area (Å²) in [5, 5.41) is 13.3. The minimum Gasteiger partial charge on any atom is -0.360 e. The van der Waals surface area contributed by atoms with E-state index in [9.17, 15) is 27.2 Å². The quantitative estimate of drug-likeness (QED) is 0.592. The number of aryl methyl sites for hydroxylation is 1. The monoisotopic (exact) mass is 466 g/mol. The Morgan fingerprint density at radius 2 is 1.82 bits per heavy atom. The van der Waals surface area contributed by atoms with Gasteiger partial charge >= 0.3 is 6.18 Å². The molecule has 33 heavy (non-hydrogen) atoms. The molecule has 4 rings (SSSR count). The van der Waals surface area contributed by atoms with Crippen molar-refractivity contribution in [3.63, 3.8) is 0 Å². The van der Waals surface area contributed by atoms with Gasteiger partial charge in [-0.3, -0.25) is 9.59 Å². The molecule has 0 saturated carbocycles. The summed E-state index contributed by atoms with van der Waals surface area (Å²) in [6, 6.07) is 5.73. The molecule has 1 fully saturated rings. The SMILES string of the molecule is Cc1cc(NC(=O)C2CCN(C(=O)c3nnn(-c4ccc(F)cc4)c3C(F)(F)F)CC2)no1. The number of halogens is 4. The van der Waals surface area contributed by atoms with Gasteiger partial charge < -0.3 is 14.7 Å². The molecule has 2 aromatic heterocycles. The van der Waals surface area contributed by atoms with Gasteiger partial charge in [0.05, 0.1) is 5.69 Å². The van der Waals surface area contributed by atoms with Crippen molar-refractivity contribution < 1.29 is 31.7 Å². The number of hydrogen-bond donors (Lipinski definition) is 1. The second-order valence-electron chi connectivity index (χ2n) is 7.55. The number of piperidine rings is 1. The summed E-state index contributed by atoms with van der Waals surface area (Å²) < 4.78 is 59.9. The number of nitrogens with one attached hydrogen (secondary N) is 1. The van der Waals surface area contributed by atoms with Crippen molar-refractivity contribution in [1.82, 2.24) is 25.1 Å². The van der Waals surface area contributed by atoms with Gasteiger partial charge in [0.1, 0.15) is 11.6 Å². The number of benzene rings is 1. The second-order valence-corrected chi connectivity index (χ2v) is 7.55. The van der Waals surface area contributed by atoms with Crippen LogP contribution < -0.4 is 5.32 Å². The molecule has 0 aliphatic carbocycles. The molecule has 1 aliphatic rings. The number of carbonyl (C=O) groups is 2. The Hall–Kier alpha value is -3.77. The molecule has 9 nitrogen and oxygen atoms in total. The van der Waals surface area contributed by atoms with Crippen LogP contribution in [0, 0.1) is 18.7 Å². The summed E-state index contributed by atoms with van der Waals surface area (Å²) in [5.74, 6) is -1.53. The Balaban J connectivity index is 1.48. The van der Waals surface area contributed by atoms with Crippen LogP contribution in [-0.2, 0) is 11.0 Å². The minimum atomic E-state index is -4.93. The van der Waals surface area contributed by atoms with E-state index in [0.717, 1.165) is 24.3 Å². The molecular weight excluding hydrogens is 448 g/mol. The highest BCUT2D eigenvalue weighted by atomic mass is 19.4. The van der Waals surface area contributed by atoms with E-state index < -0.39 is 35.2 Å². The number of aromatic nitrogens is 4. The number of likely N-dealkylation sites (tertiary alicyclic amines) is 1. The Morgan fingerprint density at radius 3 is 2.39 bits per heavy atom. The zero-order valence-corrected chi connectivity index (χ0v) is 17.3. The average molecular weight is 466 g/mol. The molecule has 174 valence electrons. The van der Waals surface area contributed by atoms with Gasteiger partial charge in [0.2, 0.25) is 5.91 Å². The van der Waals surface area contributed by atoms with E-state index in [2.05, 4.69) is 20.8 Å². The summed E-state index contributed by atoms with van der Waals surface area (Å²) in [5.41, 5.74) is -2.29. The molecule has 2 amide bonds. The molecule has 1 aromatic carbocycles. The molecule has 1 N–H and O–H groups in total. The minimum absolute atomic E-state index is 0.0649. The van der Waals surface area contributed by atoms with Crippen LogP contribution in [-0.4, -0.2) is 50.0 Å². The first kappa shape index (κ1) is 22.4. The molecule has 3 heterocycles. The van der Waals surface area contributed by atoms with Crippen LogP contribution in [0.2, 0.25) is 0 Å². The van der Waals surface area contributed by atoms with Crippen LogP contribution >= 0.6 is 0 Å². The van der Waals surface area contributed by atoms with Crippen molar-refractivity contribution in [2.75, 3.05) is 18.4 Å². The molecule has 0 radical (unpaired) electrons. The van der Waals surface area contributed by atoms with Crippen molar-refractivity contribution in [2.24, 2.45) is 5.92 Å². The van der Waals surface area contributed by atoms with Gasteiger partial charge in [0, 0.05) is 25.1 Å². The van der Waals surface area contributed by atoms with Gasteiger partial charge in [-0.05, 0) is 44.0 Å². The van der Waals surface area contributed by atoms with Crippen LogP contribution in [0.3, 0.4) is 0 Å². The van der Waals surface area contributed by atoms with Gasteiger partial charge in [-0.25, -0.2) is 9.07 Å². The van der Waals surface area contributed by atoms with Crippen molar-refractivity contribution >= 4 is 17.6 Å². The highest BCUT2D eigenvalue weighted by Gasteiger charge is 2.43. The van der Waals surface area contributed by atoms with Gasteiger partial charge in [0.25, 0.3) is 5.91 Å². The fourth-order valence-electron chi connectivity index (χ4n) is 3.59. The van der Waals surface area contributed by atoms with Gasteiger partial charge in [-0.1, -0.05) is 10.4 Å². The van der Waals surface area contributed by atoms with E-state index in [4.69, 9.17) is 4.52 Å². The Kier molecular flexibility index (Phi) is 5.87. The summed E-state index contributed by atoms with van der Waals surface area (Å²) in [6.45, 7) is 1.80. The number of hydrogen-bond acceptors (Lipinski definition) is 6. The predicted octanol–water partition coefficient (Wildman–Crippen LogP) is 3.21. The van der Waals surface area contributed by atoms with Gasteiger partial charge in [-0.15, -0.1) is 5.10 Å². The molecular formula is C20H18F4N6O3. The van der Waals surface area contributed by atoms with Crippen LogP contribution in [0.25, 0.3) is 5.69 Å². The maximum Gasteiger partial charge on any atom is 0.435 e. The molecule has 1 saturated heterocycles. The van der Waals surface area contributed by atoms with Crippen LogP contribution in [0.1, 0.15) is 34.8 Å². The van der Waals surface area contributed by atoms with E-state index in [1.54, 1.807) is 13.0 Å². The normalized spacial score (nSPS) is 15.0. The fourth-order valence-corrected chi connectivity index (χ4v) is 3.59. The number of amides is 2. The third kappa shape index (κ3) is 4.71. The summed E-state index contributed by atoms with van der Waals surface area (Å²) in [6.07, 6.45) is -4.43. The van der Waals surface area contributed by atoms with E-state index in [1.165, 1.54) is 4.90 Å². The van der Waals surface area contributed by atoms with Crippen LogP contribution in [0.4, 0.5) is 23.4 Å². The number of rotatable bonds is 4. The summed E-state index contributed by atoms with van der Waals surface area (Å²) in [7, 11) is 0. The third-order valence-corrected chi connectivity index (χ3v) is 5.24. The zero-order valence-electron chi connectivity index (χ0n) is 17.3. The number of anilines is 1. The number of carbonyl (C=O) groups excluding carboxylic acids is 2. The van der Waals surface area contributed by atoms with Gasteiger partial charge in [0.15, 0.2) is 17.2 Å². The van der Waals surface area contributed by atoms with Crippen molar-refractivity contribution in [3.05, 3.63) is 53.3 Å². The van der Waals surface area contributed by atoms with Crippen molar-refractivity contribution in [3.8, 4) is 5.69 Å². The Labute approximate surface area is 184 Å². The molecule has 3 aromatic rings. The van der Waals surface area contributed by atoms with Crippen LogP contribution in [0.15, 0.2) is 34.9 Å². The lowest BCUT2D eigenvalue weighted by Crippen LogP contribution is -2.42. The first-order valence-corrected chi connectivity index (χ1v) is 9.96. The lowest BCUT2D eigenvalue weighted by atomic mass is 9.95. The maximum absolute atomic E-state index is 13.8. The van der Waals surface area contributed by atoms with Crippen molar-refractivity contribution in [2.45, 2.75) is 25.9 Å². The topological polar surface area (TPSA) is 106 Å². The summed E-state index contributed by atoms with van der Waals surface area (Å²) >= 11 is 0. The van der Waals surface area contributed by atoms with E-state index in [1.807, 2.05) is 0 Å². The summed E-state index contributed by atoms with van der Waals surface area (Å²) in [4.78, 5) is 26.5. The highest BCUT2D eigenvalue weighted by Crippen LogP contribution is 2.34. The lowest BCUT2D eigenvalue weighted by molar-refractivity contribution is -0.143. The highest BCUT2D eigenvalue weighted by molar-refractivity contribution is 5.94. The Bertz CT molecular complexity index is 1160. The molecule has 1 aliphatic heterocycles. The number of nitrogens with zero attached hydrogens (tertiary/aromatic N) is 5. The van der Waals surface area contributed by atoms with E-state index in [0.29, 0.717) is 10.4 Å². The predicted molar refractivity (Wildman–Crippen MR) is 105 cm³/mol. The number of alkyl halides is 3. The lowest BCUT2D eigenvalue weighted by Gasteiger charge is -2.30. The van der Waals surface area contributed by atoms with Crippen molar-refractivity contribution in [1.29, 1.82) is 0 Å². The molecule has 13 heteroatoms. The molecule has 0 atom stereocenters. The van der Waals surface area contributed by atoms with Crippen LogP contribution in [0.5, 0.6) is 0 Å². The largest absolute Gasteiger partial charge is 0.435 e. The first-order chi connectivity index (χ1) is 15.6. The fraction of sp³-hybridized carbons (Fsp3) is 0.350. The average Bonchev–Trinajstić information content (AvgIpc) is 3.40. The van der Waals surface area contributed by atoms with Gasteiger partial charge in [-0.2, -0.15) is 13.2 Å². The standard InChI is InChI=1S/C20H18F4N6O3/c1-11-10-15(27-33-11)25-18(31)12-6-8-29(9-7-12)19(32)16-17(20(22,23)24)30(28-26-16)14-4-2-13(21)3-5-14/h2-5,10,12H,6-9H2,1H3,(H,25,27,31). The smallest absolute Gasteiger partial charge is 0.360 e. The molecule has 0 unspecified atom stereocenters. The van der Waals surface area contributed by atoms with E-state index >= 15 is 0 Å². The zero-order chi connectivity index (χ0) is 23.8. The van der Waals surface area contributed by atoms with E-state index in [-0.39, 0.29) is 43.3 Å². The molecule has 0 bridgehead atoms. The molecule has 0 spiro atoms. The Morgan fingerprint density at radius 1 is 1.15 bits per heavy atom. The second kappa shape index (κ2) is 8.64.